The van der Waals surface area contributed by atoms with Gasteiger partial charge in [0.15, 0.2) is 0 Å². The molecular formula is C13H18ClN3O3. The highest BCUT2D eigenvalue weighted by Gasteiger charge is 2.27. The third-order valence-corrected chi connectivity index (χ3v) is 3.19. The normalized spacial score (nSPS) is 11.0. The number of nitrogens with one attached hydrogen (secondary N) is 2. The summed E-state index contributed by atoms with van der Waals surface area (Å²) in [6.07, 6.45) is 0. The van der Waals surface area contributed by atoms with Crippen molar-refractivity contribution in [2.24, 2.45) is 5.41 Å². The molecule has 0 heterocycles. The van der Waals surface area contributed by atoms with Gasteiger partial charge < -0.3 is 21.5 Å². The fourth-order valence-corrected chi connectivity index (χ4v) is 2.00. The predicted octanol–water partition coefficient (Wildman–Crippen LogP) is 1.80. The quantitative estimate of drug-likeness (QED) is 0.621. The molecule has 0 bridgehead atoms. The number of nitrogen functional groups attached to an aromatic ring is 1. The summed E-state index contributed by atoms with van der Waals surface area (Å²) in [4.78, 5) is 22.9. The van der Waals surface area contributed by atoms with Gasteiger partial charge >= 0.3 is 5.97 Å². The number of nitrogens with two attached hydrogens (primary N) is 1. The van der Waals surface area contributed by atoms with Crippen molar-refractivity contribution in [3.8, 4) is 0 Å². The van der Waals surface area contributed by atoms with Crippen LogP contribution < -0.4 is 16.4 Å². The number of carboxylic acid groups (broad SMARTS) is 1. The topological polar surface area (TPSA) is 104 Å². The van der Waals surface area contributed by atoms with E-state index in [0.29, 0.717) is 0 Å². The van der Waals surface area contributed by atoms with Crippen LogP contribution in [0.2, 0.25) is 5.02 Å². The van der Waals surface area contributed by atoms with Crippen molar-refractivity contribution < 1.29 is 14.7 Å². The monoisotopic (exact) mass is 299 g/mol. The number of halogens is 1. The molecule has 20 heavy (non-hydrogen) atoms. The van der Waals surface area contributed by atoms with Crippen LogP contribution >= 0.6 is 11.6 Å². The van der Waals surface area contributed by atoms with Crippen LogP contribution in [-0.4, -0.2) is 30.6 Å². The molecule has 5 N–H and O–H groups in total. The summed E-state index contributed by atoms with van der Waals surface area (Å²) in [6.45, 7) is 3.71. The summed E-state index contributed by atoms with van der Waals surface area (Å²) in [7, 11) is 1.54. The number of hydrogen-bond donors (Lipinski definition) is 4. The maximum Gasteiger partial charge on any atom is 0.337 e. The molecule has 1 amide bonds. The number of amides is 1. The molecule has 110 valence electrons. The SMILES string of the molecule is CNC(=O)C(C)(C)CNc1c(Cl)cc(N)cc1C(=O)O. The van der Waals surface area contributed by atoms with Crippen molar-refractivity contribution in [3.05, 3.63) is 22.7 Å². The number of carbonyl (C=O) groups is 2. The van der Waals surface area contributed by atoms with E-state index in [-0.39, 0.29) is 34.4 Å². The highest BCUT2D eigenvalue weighted by atomic mass is 35.5. The Labute approximate surface area is 122 Å². The van der Waals surface area contributed by atoms with Crippen molar-refractivity contribution in [2.75, 3.05) is 24.6 Å². The van der Waals surface area contributed by atoms with Crippen LogP contribution in [0, 0.1) is 5.41 Å². The molecule has 0 atom stereocenters. The highest BCUT2D eigenvalue weighted by molar-refractivity contribution is 6.34. The fraction of sp³-hybridized carbons (Fsp3) is 0.385. The molecule has 1 aromatic rings. The van der Waals surface area contributed by atoms with E-state index >= 15 is 0 Å². The minimum Gasteiger partial charge on any atom is -0.478 e. The largest absolute Gasteiger partial charge is 0.478 e. The molecule has 0 saturated heterocycles. The van der Waals surface area contributed by atoms with Crippen LogP contribution in [0.3, 0.4) is 0 Å². The molecule has 0 aromatic heterocycles. The summed E-state index contributed by atoms with van der Waals surface area (Å²) < 4.78 is 0. The molecule has 7 heteroatoms. The Kier molecular flexibility index (Phi) is 4.83. The van der Waals surface area contributed by atoms with Crippen molar-refractivity contribution >= 4 is 34.9 Å². The van der Waals surface area contributed by atoms with Crippen molar-refractivity contribution in [3.63, 3.8) is 0 Å². The molecule has 6 nitrogen and oxygen atoms in total. The standard InChI is InChI=1S/C13H18ClN3O3/c1-13(2,12(20)16-3)6-17-10-8(11(18)19)4-7(15)5-9(10)14/h4-5,17H,6,15H2,1-3H3,(H,16,20)(H,18,19). The number of rotatable bonds is 5. The van der Waals surface area contributed by atoms with Gasteiger partial charge in [-0.1, -0.05) is 11.6 Å². The van der Waals surface area contributed by atoms with Gasteiger partial charge in [-0.2, -0.15) is 0 Å². The lowest BCUT2D eigenvalue weighted by Crippen LogP contribution is -2.39. The van der Waals surface area contributed by atoms with Crippen LogP contribution in [0.25, 0.3) is 0 Å². The lowest BCUT2D eigenvalue weighted by molar-refractivity contribution is -0.128. The zero-order valence-corrected chi connectivity index (χ0v) is 12.3. The summed E-state index contributed by atoms with van der Waals surface area (Å²) in [5.74, 6) is -1.30. The Bertz CT molecular complexity index is 544. The zero-order valence-electron chi connectivity index (χ0n) is 11.6. The van der Waals surface area contributed by atoms with E-state index in [2.05, 4.69) is 10.6 Å². The number of hydrogen-bond acceptors (Lipinski definition) is 4. The molecular weight excluding hydrogens is 282 g/mol. The third-order valence-electron chi connectivity index (χ3n) is 2.89. The van der Waals surface area contributed by atoms with Gasteiger partial charge in [0.25, 0.3) is 0 Å². The van der Waals surface area contributed by atoms with Crippen molar-refractivity contribution in [2.45, 2.75) is 13.8 Å². The Morgan fingerprint density at radius 3 is 2.50 bits per heavy atom. The second kappa shape index (κ2) is 6.00. The van der Waals surface area contributed by atoms with E-state index < -0.39 is 11.4 Å². The molecule has 0 aliphatic carbocycles. The van der Waals surface area contributed by atoms with Crippen molar-refractivity contribution in [1.29, 1.82) is 0 Å². The van der Waals surface area contributed by atoms with E-state index in [1.165, 1.54) is 12.1 Å². The first-order valence-corrected chi connectivity index (χ1v) is 6.35. The molecule has 0 radical (unpaired) electrons. The average molecular weight is 300 g/mol. The molecule has 0 saturated carbocycles. The number of anilines is 2. The van der Waals surface area contributed by atoms with Gasteiger partial charge in [0.2, 0.25) is 5.91 Å². The molecule has 0 aliphatic rings. The molecule has 0 spiro atoms. The van der Waals surface area contributed by atoms with Crippen LogP contribution in [0.4, 0.5) is 11.4 Å². The summed E-state index contributed by atoms with van der Waals surface area (Å²) in [5, 5.41) is 14.8. The molecule has 0 fully saturated rings. The van der Waals surface area contributed by atoms with E-state index in [4.69, 9.17) is 22.4 Å². The van der Waals surface area contributed by atoms with Crippen molar-refractivity contribution in [1.82, 2.24) is 5.32 Å². The second-order valence-electron chi connectivity index (χ2n) is 5.05. The fourth-order valence-electron chi connectivity index (χ4n) is 1.70. The summed E-state index contributed by atoms with van der Waals surface area (Å²) >= 11 is 6.01. The number of aromatic carboxylic acids is 1. The van der Waals surface area contributed by atoms with Gasteiger partial charge in [0.05, 0.1) is 21.7 Å². The first-order chi connectivity index (χ1) is 9.19. The second-order valence-corrected chi connectivity index (χ2v) is 5.45. The van der Waals surface area contributed by atoms with Crippen LogP contribution in [0.5, 0.6) is 0 Å². The summed E-state index contributed by atoms with van der Waals surface area (Å²) in [5.41, 5.74) is 5.36. The van der Waals surface area contributed by atoms with Crippen LogP contribution in [0.15, 0.2) is 12.1 Å². The smallest absolute Gasteiger partial charge is 0.337 e. The Hall–Kier alpha value is -1.95. The highest BCUT2D eigenvalue weighted by Crippen LogP contribution is 2.30. The zero-order chi connectivity index (χ0) is 15.5. The maximum absolute atomic E-state index is 11.7. The van der Waals surface area contributed by atoms with Gasteiger partial charge in [-0.05, 0) is 26.0 Å². The molecule has 1 aromatic carbocycles. The molecule has 0 aliphatic heterocycles. The molecule has 0 unspecified atom stereocenters. The van der Waals surface area contributed by atoms with Gasteiger partial charge in [0, 0.05) is 19.3 Å². The van der Waals surface area contributed by atoms with Crippen LogP contribution in [0.1, 0.15) is 24.2 Å². The number of carbonyl (C=O) groups excluding carboxylic acids is 1. The minimum atomic E-state index is -1.14. The predicted molar refractivity (Wildman–Crippen MR) is 79.2 cm³/mol. The number of benzene rings is 1. The molecule has 1 rings (SSSR count). The van der Waals surface area contributed by atoms with Crippen LogP contribution in [-0.2, 0) is 4.79 Å². The van der Waals surface area contributed by atoms with E-state index in [0.717, 1.165) is 0 Å². The van der Waals surface area contributed by atoms with E-state index in [1.807, 2.05) is 0 Å². The lowest BCUT2D eigenvalue weighted by atomic mass is 9.92. The summed E-state index contributed by atoms with van der Waals surface area (Å²) in [6, 6.07) is 2.78. The third kappa shape index (κ3) is 3.54. The Morgan fingerprint density at radius 2 is 2.00 bits per heavy atom. The lowest BCUT2D eigenvalue weighted by Gasteiger charge is -2.24. The van der Waals surface area contributed by atoms with Gasteiger partial charge in [-0.15, -0.1) is 0 Å². The first-order valence-electron chi connectivity index (χ1n) is 5.97. The maximum atomic E-state index is 11.7. The van der Waals surface area contributed by atoms with E-state index in [9.17, 15) is 9.59 Å². The van der Waals surface area contributed by atoms with Gasteiger partial charge in [-0.3, -0.25) is 4.79 Å². The minimum absolute atomic E-state index is 0.0253. The van der Waals surface area contributed by atoms with Gasteiger partial charge in [0.1, 0.15) is 0 Å². The van der Waals surface area contributed by atoms with E-state index in [1.54, 1.807) is 20.9 Å². The Morgan fingerprint density at radius 1 is 1.40 bits per heavy atom. The first kappa shape index (κ1) is 16.1. The average Bonchev–Trinajstić information content (AvgIpc) is 2.35. The van der Waals surface area contributed by atoms with Gasteiger partial charge in [-0.25, -0.2) is 4.79 Å². The number of carboxylic acids is 1. The Balaban J connectivity index is 3.04.